The lowest BCUT2D eigenvalue weighted by atomic mass is 10.1. The maximum absolute atomic E-state index is 13.0. The molecule has 1 aliphatic rings. The van der Waals surface area contributed by atoms with Gasteiger partial charge in [-0.1, -0.05) is 0 Å². The third-order valence-electron chi connectivity index (χ3n) is 4.84. The van der Waals surface area contributed by atoms with Crippen LogP contribution in [0.1, 0.15) is 46.0 Å². The van der Waals surface area contributed by atoms with Gasteiger partial charge in [0.25, 0.3) is 5.91 Å². The van der Waals surface area contributed by atoms with Gasteiger partial charge in [-0.05, 0) is 51.1 Å². The van der Waals surface area contributed by atoms with Gasteiger partial charge in [0.15, 0.2) is 0 Å². The Morgan fingerprint density at radius 1 is 1.27 bits per heavy atom. The first-order valence-corrected chi connectivity index (χ1v) is 10.7. The summed E-state index contributed by atoms with van der Waals surface area (Å²) in [4.78, 5) is 18.6. The monoisotopic (exact) mass is 424 g/mol. The minimum Gasteiger partial charge on any atom is -0.488 e. The number of aryl methyl sites for hydroxylation is 2. The molecule has 1 amide bonds. The molecule has 156 valence electrons. The van der Waals surface area contributed by atoms with Crippen molar-refractivity contribution >= 4 is 17.2 Å². The van der Waals surface area contributed by atoms with Crippen LogP contribution in [0.4, 0.5) is 0 Å². The highest BCUT2D eigenvalue weighted by molar-refractivity contribution is 7.14. The highest BCUT2D eigenvalue weighted by Crippen LogP contribution is 2.30. The van der Waals surface area contributed by atoms with Crippen molar-refractivity contribution in [2.45, 2.75) is 39.3 Å². The average molecular weight is 425 g/mol. The van der Waals surface area contributed by atoms with Crippen LogP contribution in [0.2, 0.25) is 0 Å². The Balaban J connectivity index is 1.59. The molecule has 0 aliphatic carbocycles. The highest BCUT2D eigenvalue weighted by Gasteiger charge is 2.20. The van der Waals surface area contributed by atoms with Gasteiger partial charge in [-0.3, -0.25) is 4.79 Å². The molecule has 2 atom stereocenters. The molecule has 0 spiro atoms. The summed E-state index contributed by atoms with van der Waals surface area (Å²) in [5.74, 6) is 0.441. The average Bonchev–Trinajstić information content (AvgIpc) is 3.40. The molecule has 1 N–H and O–H groups in total. The van der Waals surface area contributed by atoms with Crippen molar-refractivity contribution in [3.63, 3.8) is 0 Å². The van der Waals surface area contributed by atoms with Crippen molar-refractivity contribution < 1.29 is 14.3 Å². The van der Waals surface area contributed by atoms with Crippen molar-refractivity contribution in [3.8, 4) is 16.3 Å². The summed E-state index contributed by atoms with van der Waals surface area (Å²) < 4.78 is 11.5. The van der Waals surface area contributed by atoms with E-state index in [1.165, 1.54) is 0 Å². The van der Waals surface area contributed by atoms with Crippen LogP contribution < -0.4 is 10.1 Å². The Hall–Kier alpha value is -2.84. The number of benzene rings is 1. The second kappa shape index (κ2) is 8.89. The number of carbonyl (C=O) groups is 1. The molecular weight excluding hydrogens is 400 g/mol. The molecule has 2 aromatic heterocycles. The van der Waals surface area contributed by atoms with Gasteiger partial charge in [0.2, 0.25) is 0 Å². The number of carbonyl (C=O) groups excluding carboxylic acids is 1. The molecule has 30 heavy (non-hydrogen) atoms. The van der Waals surface area contributed by atoms with E-state index in [2.05, 4.69) is 20.5 Å². The van der Waals surface area contributed by atoms with Gasteiger partial charge >= 0.3 is 0 Å². The van der Waals surface area contributed by atoms with Crippen molar-refractivity contribution in [2.24, 2.45) is 0 Å². The van der Waals surface area contributed by atoms with Gasteiger partial charge in [0, 0.05) is 28.6 Å². The lowest BCUT2D eigenvalue weighted by molar-refractivity contribution is 0.0938. The van der Waals surface area contributed by atoms with Crippen molar-refractivity contribution in [3.05, 3.63) is 58.4 Å². The SMILES string of the molecule is Cc1ccc(C(C)NC(=O)c2cc(O[C@H]3CCOC3)cc(-c3ncc(C)s3)c2)nn1. The molecular formula is C22H24N4O3S. The molecule has 1 fully saturated rings. The van der Waals surface area contributed by atoms with Crippen LogP contribution in [0.15, 0.2) is 36.5 Å². The molecule has 8 heteroatoms. The van der Waals surface area contributed by atoms with Gasteiger partial charge in [0.05, 0.1) is 30.6 Å². The Kier molecular flexibility index (Phi) is 6.06. The maximum Gasteiger partial charge on any atom is 0.251 e. The molecule has 0 saturated carbocycles. The van der Waals surface area contributed by atoms with E-state index in [-0.39, 0.29) is 18.1 Å². The Morgan fingerprint density at radius 2 is 2.13 bits per heavy atom. The van der Waals surface area contributed by atoms with Crippen molar-refractivity contribution in [1.82, 2.24) is 20.5 Å². The Bertz CT molecular complexity index is 1030. The Labute approximate surface area is 179 Å². The van der Waals surface area contributed by atoms with Crippen LogP contribution >= 0.6 is 11.3 Å². The van der Waals surface area contributed by atoms with Crippen LogP contribution in [-0.4, -0.2) is 40.4 Å². The predicted octanol–water partition coefficient (Wildman–Crippen LogP) is 3.88. The molecule has 1 unspecified atom stereocenters. The summed E-state index contributed by atoms with van der Waals surface area (Å²) in [5, 5.41) is 12.1. The van der Waals surface area contributed by atoms with E-state index < -0.39 is 0 Å². The smallest absolute Gasteiger partial charge is 0.251 e. The van der Waals surface area contributed by atoms with E-state index in [1.54, 1.807) is 17.4 Å². The van der Waals surface area contributed by atoms with E-state index in [1.807, 2.05) is 51.2 Å². The first kappa shape index (κ1) is 20.4. The van der Waals surface area contributed by atoms with Crippen LogP contribution in [-0.2, 0) is 4.74 Å². The summed E-state index contributed by atoms with van der Waals surface area (Å²) in [6, 6.07) is 9.03. The quantitative estimate of drug-likeness (QED) is 0.646. The highest BCUT2D eigenvalue weighted by atomic mass is 32.1. The van der Waals surface area contributed by atoms with Gasteiger partial charge < -0.3 is 14.8 Å². The zero-order chi connectivity index (χ0) is 21.1. The number of amides is 1. The number of rotatable bonds is 6. The lowest BCUT2D eigenvalue weighted by Crippen LogP contribution is -2.27. The standard InChI is InChI=1S/C22H24N4O3S/c1-13-4-5-20(26-25-13)15(3)24-21(27)16-8-17(22-23-11-14(2)30-22)10-19(9-16)29-18-6-7-28-12-18/h4-5,8-11,15,18H,6-7,12H2,1-3H3,(H,24,27)/t15?,18-/m0/s1. The number of hydrogen-bond acceptors (Lipinski definition) is 7. The van der Waals surface area contributed by atoms with Crippen LogP contribution in [0, 0.1) is 13.8 Å². The minimum atomic E-state index is -0.274. The van der Waals surface area contributed by atoms with E-state index in [9.17, 15) is 4.79 Å². The summed E-state index contributed by atoms with van der Waals surface area (Å²) in [6.07, 6.45) is 2.66. The van der Waals surface area contributed by atoms with Gasteiger partial charge in [-0.2, -0.15) is 10.2 Å². The second-order valence-electron chi connectivity index (χ2n) is 7.42. The second-order valence-corrected chi connectivity index (χ2v) is 8.66. The van der Waals surface area contributed by atoms with Crippen LogP contribution in [0.5, 0.6) is 5.75 Å². The van der Waals surface area contributed by atoms with Crippen molar-refractivity contribution in [2.75, 3.05) is 13.2 Å². The minimum absolute atomic E-state index is 0.00375. The molecule has 1 aromatic carbocycles. The Morgan fingerprint density at radius 3 is 2.80 bits per heavy atom. The van der Waals surface area contributed by atoms with Crippen LogP contribution in [0.25, 0.3) is 10.6 Å². The summed E-state index contributed by atoms with van der Waals surface area (Å²) >= 11 is 1.58. The third-order valence-corrected chi connectivity index (χ3v) is 5.80. The number of thiazole rings is 1. The third kappa shape index (κ3) is 4.83. The van der Waals surface area contributed by atoms with Crippen molar-refractivity contribution in [1.29, 1.82) is 0 Å². The molecule has 0 bridgehead atoms. The summed E-state index contributed by atoms with van der Waals surface area (Å²) in [6.45, 7) is 7.03. The fourth-order valence-corrected chi connectivity index (χ4v) is 3.95. The van der Waals surface area contributed by atoms with E-state index in [0.717, 1.165) is 27.6 Å². The number of aromatic nitrogens is 3. The molecule has 0 radical (unpaired) electrons. The lowest BCUT2D eigenvalue weighted by Gasteiger charge is -2.16. The molecule has 1 saturated heterocycles. The summed E-state index contributed by atoms with van der Waals surface area (Å²) in [7, 11) is 0. The number of nitrogens with one attached hydrogen (secondary N) is 1. The van der Waals surface area contributed by atoms with E-state index in [4.69, 9.17) is 9.47 Å². The van der Waals surface area contributed by atoms with E-state index in [0.29, 0.717) is 30.2 Å². The topological polar surface area (TPSA) is 86.2 Å². The van der Waals surface area contributed by atoms with Gasteiger partial charge in [-0.25, -0.2) is 4.98 Å². The number of hydrogen-bond donors (Lipinski definition) is 1. The predicted molar refractivity (Wildman–Crippen MR) is 115 cm³/mol. The zero-order valence-corrected chi connectivity index (χ0v) is 18.0. The summed E-state index contributed by atoms with van der Waals surface area (Å²) in [5.41, 5.74) is 2.92. The van der Waals surface area contributed by atoms with Crippen LogP contribution in [0.3, 0.4) is 0 Å². The molecule has 7 nitrogen and oxygen atoms in total. The molecule has 1 aliphatic heterocycles. The fraction of sp³-hybridized carbons (Fsp3) is 0.364. The van der Waals surface area contributed by atoms with E-state index >= 15 is 0 Å². The molecule has 3 aromatic rings. The largest absolute Gasteiger partial charge is 0.488 e. The number of nitrogens with zero attached hydrogens (tertiary/aromatic N) is 3. The fourth-order valence-electron chi connectivity index (χ4n) is 3.20. The zero-order valence-electron chi connectivity index (χ0n) is 17.2. The molecule has 4 rings (SSSR count). The normalized spacial score (nSPS) is 17.0. The maximum atomic E-state index is 13.0. The molecule has 3 heterocycles. The first-order valence-electron chi connectivity index (χ1n) is 9.91. The van der Waals surface area contributed by atoms with Gasteiger partial charge in [0.1, 0.15) is 16.9 Å². The first-order chi connectivity index (χ1) is 14.5. The number of ether oxygens (including phenoxy) is 2. The van der Waals surface area contributed by atoms with Gasteiger partial charge in [-0.15, -0.1) is 11.3 Å².